The molecule has 0 saturated carbocycles. The molecule has 1 heterocycles. The molecule has 0 fully saturated rings. The van der Waals surface area contributed by atoms with Gasteiger partial charge in [-0.2, -0.15) is 0 Å². The van der Waals surface area contributed by atoms with Crippen molar-refractivity contribution in [2.45, 2.75) is 37.9 Å². The topological polar surface area (TPSA) is 73.2 Å². The van der Waals surface area contributed by atoms with Crippen LogP contribution < -0.4 is 15.7 Å². The zero-order valence-electron chi connectivity index (χ0n) is 16.5. The van der Waals surface area contributed by atoms with Crippen molar-refractivity contribution >= 4 is 27.4 Å². The zero-order chi connectivity index (χ0) is 22.1. The van der Waals surface area contributed by atoms with Crippen LogP contribution in [0.2, 0.25) is 0 Å². The van der Waals surface area contributed by atoms with Crippen molar-refractivity contribution in [1.29, 1.82) is 0 Å². The predicted octanol–water partition coefficient (Wildman–Crippen LogP) is 4.42. The second kappa shape index (κ2) is 8.47. The van der Waals surface area contributed by atoms with Gasteiger partial charge in [0, 0.05) is 5.75 Å². The predicted molar refractivity (Wildman–Crippen MR) is 109 cm³/mol. The molecular formula is C20H20F3N3O3S. The first-order valence-electron chi connectivity index (χ1n) is 9.15. The average molecular weight is 439 g/mol. The molecule has 6 nitrogen and oxygen atoms in total. The molecule has 0 radical (unpaired) electrons. The maximum Gasteiger partial charge on any atom is 0.573 e. The third-order valence-corrected chi connectivity index (χ3v) is 5.75. The Hall–Kier alpha value is -2.88. The molecule has 1 unspecified atom stereocenters. The fourth-order valence-electron chi connectivity index (χ4n) is 2.86. The van der Waals surface area contributed by atoms with Gasteiger partial charge in [0.25, 0.3) is 5.56 Å². The highest BCUT2D eigenvalue weighted by atomic mass is 32.2. The Balaban J connectivity index is 2.07. The molecule has 0 bridgehead atoms. The van der Waals surface area contributed by atoms with Gasteiger partial charge in [-0.25, -0.2) is 9.66 Å². The van der Waals surface area contributed by atoms with Gasteiger partial charge in [0.2, 0.25) is 0 Å². The van der Waals surface area contributed by atoms with Gasteiger partial charge in [0.15, 0.2) is 0 Å². The average Bonchev–Trinajstić information content (AvgIpc) is 2.68. The van der Waals surface area contributed by atoms with Gasteiger partial charge in [-0.1, -0.05) is 26.8 Å². The van der Waals surface area contributed by atoms with E-state index in [0.29, 0.717) is 16.3 Å². The fourth-order valence-corrected chi connectivity index (χ4v) is 3.74. The highest BCUT2D eigenvalue weighted by Gasteiger charge is 2.31. The van der Waals surface area contributed by atoms with Crippen LogP contribution in [-0.4, -0.2) is 26.0 Å². The van der Waals surface area contributed by atoms with Crippen molar-refractivity contribution in [1.82, 2.24) is 9.66 Å². The molecule has 1 aromatic heterocycles. The largest absolute Gasteiger partial charge is 0.573 e. The summed E-state index contributed by atoms with van der Waals surface area (Å²) < 4.78 is 54.9. The minimum Gasteiger partial charge on any atom is -0.406 e. The number of fused-ring (bicyclic) bond motifs is 1. The molecule has 3 aromatic rings. The Kier molecular flexibility index (Phi) is 6.16. The monoisotopic (exact) mass is 439 g/mol. The van der Waals surface area contributed by atoms with E-state index in [1.165, 1.54) is 12.4 Å². The summed E-state index contributed by atoms with van der Waals surface area (Å²) in [7, 11) is -1.29. The SMILES string of the molecule is CCS(=O)c1ccc(C(C)C)cc1Nn1cnc2ccc(OC(F)(F)F)cc2c1=O. The molecule has 3 rings (SSSR count). The summed E-state index contributed by atoms with van der Waals surface area (Å²) in [5.74, 6) is 0.0723. The lowest BCUT2D eigenvalue weighted by molar-refractivity contribution is -0.274. The summed E-state index contributed by atoms with van der Waals surface area (Å²) >= 11 is 0. The van der Waals surface area contributed by atoms with E-state index in [1.807, 2.05) is 19.9 Å². The Bertz CT molecular complexity index is 1160. The van der Waals surface area contributed by atoms with Gasteiger partial charge in [-0.15, -0.1) is 13.2 Å². The van der Waals surface area contributed by atoms with Gasteiger partial charge in [-0.05, 0) is 41.8 Å². The van der Waals surface area contributed by atoms with Crippen LogP contribution in [0, 0.1) is 0 Å². The second-order valence-corrected chi connectivity index (χ2v) is 8.51. The lowest BCUT2D eigenvalue weighted by atomic mass is 10.0. The zero-order valence-corrected chi connectivity index (χ0v) is 17.3. The maximum absolute atomic E-state index is 12.9. The van der Waals surface area contributed by atoms with Gasteiger partial charge >= 0.3 is 6.36 Å². The minimum absolute atomic E-state index is 0.0510. The van der Waals surface area contributed by atoms with Gasteiger partial charge < -0.3 is 4.74 Å². The van der Waals surface area contributed by atoms with Crippen LogP contribution in [0.1, 0.15) is 32.3 Å². The van der Waals surface area contributed by atoms with Gasteiger partial charge in [-0.3, -0.25) is 14.4 Å². The number of nitrogens with one attached hydrogen (secondary N) is 1. The molecule has 0 saturated heterocycles. The van der Waals surface area contributed by atoms with E-state index in [1.54, 1.807) is 19.1 Å². The molecule has 30 heavy (non-hydrogen) atoms. The van der Waals surface area contributed by atoms with Crippen molar-refractivity contribution in [2.75, 3.05) is 11.2 Å². The summed E-state index contributed by atoms with van der Waals surface area (Å²) in [6.45, 7) is 5.78. The third-order valence-electron chi connectivity index (χ3n) is 4.38. The summed E-state index contributed by atoms with van der Waals surface area (Å²) in [4.78, 5) is 17.5. The molecule has 0 spiro atoms. The van der Waals surface area contributed by atoms with Crippen LogP contribution in [0.5, 0.6) is 5.75 Å². The Morgan fingerprint density at radius 2 is 1.93 bits per heavy atom. The molecule has 1 atom stereocenters. The quantitative estimate of drug-likeness (QED) is 0.616. The van der Waals surface area contributed by atoms with Crippen LogP contribution in [-0.2, 0) is 10.8 Å². The van der Waals surface area contributed by atoms with Gasteiger partial charge in [0.05, 0.1) is 32.3 Å². The fraction of sp³-hybridized carbons (Fsp3) is 0.300. The number of aromatic nitrogens is 2. The van der Waals surface area contributed by atoms with E-state index in [0.717, 1.165) is 22.4 Å². The first kappa shape index (κ1) is 21.8. The number of ether oxygens (including phenoxy) is 1. The van der Waals surface area contributed by atoms with Crippen LogP contribution in [0.4, 0.5) is 18.9 Å². The lowest BCUT2D eigenvalue weighted by Crippen LogP contribution is -2.27. The van der Waals surface area contributed by atoms with Crippen molar-refractivity contribution in [2.24, 2.45) is 0 Å². The number of hydrogen-bond acceptors (Lipinski definition) is 5. The van der Waals surface area contributed by atoms with E-state index in [4.69, 9.17) is 0 Å². The number of rotatable bonds is 6. The van der Waals surface area contributed by atoms with E-state index in [2.05, 4.69) is 15.1 Å². The second-order valence-electron chi connectivity index (χ2n) is 6.80. The maximum atomic E-state index is 12.9. The molecule has 10 heteroatoms. The van der Waals surface area contributed by atoms with Crippen molar-refractivity contribution in [3.8, 4) is 5.75 Å². The van der Waals surface area contributed by atoms with Crippen LogP contribution in [0.15, 0.2) is 52.4 Å². The summed E-state index contributed by atoms with van der Waals surface area (Å²) in [5.41, 5.74) is 3.94. The van der Waals surface area contributed by atoms with E-state index in [9.17, 15) is 22.2 Å². The highest BCUT2D eigenvalue weighted by molar-refractivity contribution is 7.85. The normalized spacial score (nSPS) is 12.9. The number of benzene rings is 2. The Labute approximate surface area is 173 Å². The smallest absolute Gasteiger partial charge is 0.406 e. The van der Waals surface area contributed by atoms with Crippen LogP contribution in [0.25, 0.3) is 10.9 Å². The molecular weight excluding hydrogens is 419 g/mol. The highest BCUT2D eigenvalue weighted by Crippen LogP contribution is 2.27. The van der Waals surface area contributed by atoms with Crippen molar-refractivity contribution in [3.63, 3.8) is 0 Å². The first-order chi connectivity index (χ1) is 14.1. The molecule has 0 aliphatic carbocycles. The number of hydrogen-bond donors (Lipinski definition) is 1. The number of nitrogens with zero attached hydrogens (tertiary/aromatic N) is 2. The molecule has 0 aliphatic heterocycles. The van der Waals surface area contributed by atoms with E-state index < -0.39 is 28.5 Å². The van der Waals surface area contributed by atoms with Crippen molar-refractivity contribution < 1.29 is 22.1 Å². The molecule has 160 valence electrons. The molecule has 1 N–H and O–H groups in total. The summed E-state index contributed by atoms with van der Waals surface area (Å²) in [5, 5.41) is -0.0510. The van der Waals surface area contributed by atoms with E-state index >= 15 is 0 Å². The molecule has 2 aromatic carbocycles. The third kappa shape index (κ3) is 4.81. The van der Waals surface area contributed by atoms with E-state index in [-0.39, 0.29) is 16.8 Å². The Morgan fingerprint density at radius 3 is 2.57 bits per heavy atom. The number of alkyl halides is 3. The van der Waals surface area contributed by atoms with Gasteiger partial charge in [0.1, 0.15) is 12.1 Å². The first-order valence-corrected chi connectivity index (χ1v) is 10.5. The van der Waals surface area contributed by atoms with Crippen molar-refractivity contribution in [3.05, 3.63) is 58.6 Å². The minimum atomic E-state index is -4.87. The Morgan fingerprint density at radius 1 is 1.20 bits per heavy atom. The lowest BCUT2D eigenvalue weighted by Gasteiger charge is -2.16. The number of anilines is 1. The van der Waals surface area contributed by atoms with Crippen LogP contribution >= 0.6 is 0 Å². The number of halogens is 3. The standard InChI is InChI=1S/C20H20F3N3O3S/c1-4-30(28)18-8-5-13(12(2)3)9-17(18)25-26-11-24-16-7-6-14(29-20(21,22)23)10-15(16)19(26)27/h5-12,25H,4H2,1-3H3. The summed E-state index contributed by atoms with van der Waals surface area (Å²) in [6.07, 6.45) is -3.64. The summed E-state index contributed by atoms with van der Waals surface area (Å²) in [6, 6.07) is 8.78. The molecule has 0 amide bonds. The van der Waals surface area contributed by atoms with Crippen LogP contribution in [0.3, 0.4) is 0 Å². The molecule has 0 aliphatic rings.